The van der Waals surface area contributed by atoms with Gasteiger partial charge in [-0.2, -0.15) is 5.10 Å². The van der Waals surface area contributed by atoms with Gasteiger partial charge in [0, 0.05) is 24.0 Å². The van der Waals surface area contributed by atoms with E-state index in [1.807, 2.05) is 36.7 Å². The van der Waals surface area contributed by atoms with Crippen molar-refractivity contribution in [3.05, 3.63) is 50.2 Å². The van der Waals surface area contributed by atoms with Gasteiger partial charge in [-0.05, 0) is 47.8 Å². The summed E-state index contributed by atoms with van der Waals surface area (Å²) in [4.78, 5) is 0. The van der Waals surface area contributed by atoms with Crippen LogP contribution in [0.3, 0.4) is 0 Å². The molecule has 0 amide bonds. The fourth-order valence-electron chi connectivity index (χ4n) is 2.34. The van der Waals surface area contributed by atoms with E-state index in [4.69, 9.17) is 17.3 Å². The largest absolute Gasteiger partial charge is 0.324 e. The first-order valence-corrected chi connectivity index (χ1v) is 7.85. The van der Waals surface area contributed by atoms with Gasteiger partial charge in [-0.1, -0.05) is 29.8 Å². The number of halogens is 2. The predicted octanol–water partition coefficient (Wildman–Crippen LogP) is 4.18. The molecule has 0 aliphatic rings. The second-order valence-corrected chi connectivity index (χ2v) is 6.12. The summed E-state index contributed by atoms with van der Waals surface area (Å²) in [6.45, 7) is 6.89. The maximum absolute atomic E-state index is 6.36. The molecule has 0 bridgehead atoms. The van der Waals surface area contributed by atoms with Gasteiger partial charge in [0.05, 0.1) is 15.9 Å². The molecule has 0 radical (unpaired) electrons. The highest BCUT2D eigenvalue weighted by Gasteiger charge is 2.18. The molecule has 2 N–H and O–H groups in total. The van der Waals surface area contributed by atoms with Crippen LogP contribution in [0.4, 0.5) is 0 Å². The Hall–Kier alpha value is -0.840. The third-order valence-corrected chi connectivity index (χ3v) is 5.04. The molecule has 1 aromatic carbocycles. The zero-order valence-electron chi connectivity index (χ0n) is 12.0. The van der Waals surface area contributed by atoms with Crippen LogP contribution in [0.1, 0.15) is 35.5 Å². The first-order chi connectivity index (χ1) is 9.45. The molecule has 0 aliphatic carbocycles. The van der Waals surface area contributed by atoms with Crippen LogP contribution < -0.4 is 5.73 Å². The van der Waals surface area contributed by atoms with Gasteiger partial charge in [0.15, 0.2) is 0 Å². The minimum atomic E-state index is -0.139. The van der Waals surface area contributed by atoms with Crippen molar-refractivity contribution in [2.24, 2.45) is 5.73 Å². The Labute approximate surface area is 133 Å². The first kappa shape index (κ1) is 15.5. The molecule has 3 nitrogen and oxygen atoms in total. The highest BCUT2D eigenvalue weighted by Crippen LogP contribution is 2.30. The summed E-state index contributed by atoms with van der Waals surface area (Å²) < 4.78 is 3.03. The van der Waals surface area contributed by atoms with Crippen LogP contribution >= 0.6 is 27.5 Å². The lowest BCUT2D eigenvalue weighted by atomic mass is 10.0. The second kappa shape index (κ2) is 6.29. The van der Waals surface area contributed by atoms with Crippen LogP contribution in [0, 0.1) is 13.8 Å². The molecule has 0 fully saturated rings. The van der Waals surface area contributed by atoms with Gasteiger partial charge in [0.25, 0.3) is 0 Å². The zero-order valence-corrected chi connectivity index (χ0v) is 14.3. The average molecular weight is 357 g/mol. The highest BCUT2D eigenvalue weighted by molar-refractivity contribution is 9.10. The number of hydrogen-bond acceptors (Lipinski definition) is 2. The lowest BCUT2D eigenvalue weighted by Gasteiger charge is -2.16. The van der Waals surface area contributed by atoms with Crippen LogP contribution in [0.2, 0.25) is 5.02 Å². The van der Waals surface area contributed by atoms with E-state index in [9.17, 15) is 0 Å². The normalized spacial score (nSPS) is 12.7. The standard InChI is InChI=1S/C15H19BrClN3/c1-4-20-13(14(16)10(3)19-20)8-12(18)11-7-5-6-9(2)15(11)17/h5-7,12H,4,8,18H2,1-3H3. The van der Waals surface area contributed by atoms with Gasteiger partial charge in [0.1, 0.15) is 0 Å². The number of rotatable bonds is 4. The molecule has 1 heterocycles. The Morgan fingerprint density at radius 2 is 2.10 bits per heavy atom. The smallest absolute Gasteiger partial charge is 0.0738 e. The molecule has 1 unspecified atom stereocenters. The van der Waals surface area contributed by atoms with Crippen molar-refractivity contribution < 1.29 is 0 Å². The Bertz CT molecular complexity index is 622. The van der Waals surface area contributed by atoms with Gasteiger partial charge in [0.2, 0.25) is 0 Å². The van der Waals surface area contributed by atoms with Crippen LogP contribution in [-0.4, -0.2) is 9.78 Å². The Morgan fingerprint density at radius 3 is 2.75 bits per heavy atom. The van der Waals surface area contributed by atoms with Gasteiger partial charge < -0.3 is 5.73 Å². The molecule has 108 valence electrons. The van der Waals surface area contributed by atoms with Gasteiger partial charge in [-0.3, -0.25) is 4.68 Å². The van der Waals surface area contributed by atoms with Crippen molar-refractivity contribution in [2.45, 2.75) is 39.8 Å². The van der Waals surface area contributed by atoms with Crippen molar-refractivity contribution in [1.82, 2.24) is 9.78 Å². The summed E-state index contributed by atoms with van der Waals surface area (Å²) in [5.74, 6) is 0. The maximum Gasteiger partial charge on any atom is 0.0738 e. The molecule has 0 spiro atoms. The summed E-state index contributed by atoms with van der Waals surface area (Å²) in [5.41, 5.74) is 10.5. The summed E-state index contributed by atoms with van der Waals surface area (Å²) >= 11 is 9.96. The number of aromatic nitrogens is 2. The highest BCUT2D eigenvalue weighted by atomic mass is 79.9. The summed E-state index contributed by atoms with van der Waals surface area (Å²) in [5, 5.41) is 5.26. The van der Waals surface area contributed by atoms with Gasteiger partial charge in [-0.25, -0.2) is 0 Å². The number of nitrogens with two attached hydrogens (primary N) is 1. The molecular formula is C15H19BrClN3. The van der Waals surface area contributed by atoms with Crippen LogP contribution in [0.15, 0.2) is 22.7 Å². The SMILES string of the molecule is CCn1nc(C)c(Br)c1CC(N)c1cccc(C)c1Cl. The molecule has 2 rings (SSSR count). The van der Waals surface area contributed by atoms with E-state index >= 15 is 0 Å². The van der Waals surface area contributed by atoms with Crippen LogP contribution in [0.5, 0.6) is 0 Å². The lowest BCUT2D eigenvalue weighted by molar-refractivity contribution is 0.586. The van der Waals surface area contributed by atoms with Crippen molar-refractivity contribution in [3.63, 3.8) is 0 Å². The zero-order chi connectivity index (χ0) is 14.9. The third-order valence-electron chi connectivity index (χ3n) is 3.49. The number of benzene rings is 1. The Kier molecular flexibility index (Phi) is 4.89. The van der Waals surface area contributed by atoms with E-state index in [0.717, 1.165) is 38.6 Å². The number of aryl methyl sites for hydroxylation is 3. The molecule has 1 atom stereocenters. The van der Waals surface area contributed by atoms with E-state index in [-0.39, 0.29) is 6.04 Å². The van der Waals surface area contributed by atoms with Gasteiger partial charge >= 0.3 is 0 Å². The van der Waals surface area contributed by atoms with E-state index in [1.165, 1.54) is 0 Å². The molecule has 20 heavy (non-hydrogen) atoms. The topological polar surface area (TPSA) is 43.8 Å². The van der Waals surface area contributed by atoms with Crippen LogP contribution in [-0.2, 0) is 13.0 Å². The van der Waals surface area contributed by atoms with Crippen molar-refractivity contribution in [3.8, 4) is 0 Å². The third kappa shape index (κ3) is 2.92. The average Bonchev–Trinajstić information content (AvgIpc) is 2.69. The number of hydrogen-bond donors (Lipinski definition) is 1. The summed E-state index contributed by atoms with van der Waals surface area (Å²) in [6, 6.07) is 5.84. The number of nitrogens with zero attached hydrogens (tertiary/aromatic N) is 2. The minimum Gasteiger partial charge on any atom is -0.324 e. The van der Waals surface area contributed by atoms with Crippen LogP contribution in [0.25, 0.3) is 0 Å². The van der Waals surface area contributed by atoms with Crippen molar-refractivity contribution in [2.75, 3.05) is 0 Å². The minimum absolute atomic E-state index is 0.139. The van der Waals surface area contributed by atoms with Crippen molar-refractivity contribution in [1.29, 1.82) is 0 Å². The van der Waals surface area contributed by atoms with E-state index in [0.29, 0.717) is 6.42 Å². The maximum atomic E-state index is 6.36. The molecule has 2 aromatic rings. The summed E-state index contributed by atoms with van der Waals surface area (Å²) in [7, 11) is 0. The fraction of sp³-hybridized carbons (Fsp3) is 0.400. The molecule has 0 saturated carbocycles. The summed E-state index contributed by atoms with van der Waals surface area (Å²) in [6.07, 6.45) is 0.707. The van der Waals surface area contributed by atoms with E-state index in [2.05, 4.69) is 28.0 Å². The Morgan fingerprint density at radius 1 is 1.40 bits per heavy atom. The molecule has 1 aromatic heterocycles. The Balaban J connectivity index is 2.32. The fourth-order valence-corrected chi connectivity index (χ4v) is 3.05. The van der Waals surface area contributed by atoms with Gasteiger partial charge in [-0.15, -0.1) is 0 Å². The molecule has 0 aliphatic heterocycles. The quantitative estimate of drug-likeness (QED) is 0.893. The van der Waals surface area contributed by atoms with E-state index in [1.54, 1.807) is 0 Å². The molecule has 0 saturated heterocycles. The first-order valence-electron chi connectivity index (χ1n) is 6.68. The second-order valence-electron chi connectivity index (χ2n) is 4.95. The van der Waals surface area contributed by atoms with E-state index < -0.39 is 0 Å². The monoisotopic (exact) mass is 355 g/mol. The predicted molar refractivity (Wildman–Crippen MR) is 87.2 cm³/mol. The lowest BCUT2D eigenvalue weighted by Crippen LogP contribution is -2.17. The molecular weight excluding hydrogens is 338 g/mol. The molecule has 5 heteroatoms. The van der Waals surface area contributed by atoms with Crippen molar-refractivity contribution >= 4 is 27.5 Å².